The predicted octanol–water partition coefficient (Wildman–Crippen LogP) is 2.12. The molecule has 0 spiro atoms. The smallest absolute Gasteiger partial charge is 0.321 e. The lowest BCUT2D eigenvalue weighted by Gasteiger charge is -2.30. The highest BCUT2D eigenvalue weighted by atomic mass is 35.5. The van der Waals surface area contributed by atoms with E-state index in [1.54, 1.807) is 4.90 Å². The molecule has 0 saturated carbocycles. The molecule has 8 heteroatoms. The van der Waals surface area contributed by atoms with E-state index in [1.807, 2.05) is 0 Å². The number of likely N-dealkylation sites (tertiary alicyclic amines) is 1. The van der Waals surface area contributed by atoms with Crippen molar-refractivity contribution in [1.29, 1.82) is 0 Å². The number of primary amides is 1. The van der Waals surface area contributed by atoms with Crippen LogP contribution in [0.25, 0.3) is 0 Å². The van der Waals surface area contributed by atoms with Gasteiger partial charge in [0.1, 0.15) is 10.3 Å². The van der Waals surface area contributed by atoms with E-state index in [4.69, 9.17) is 28.9 Å². The first-order valence-electron chi connectivity index (χ1n) is 6.14. The molecule has 3 amide bonds. The number of nitrogens with zero attached hydrogens (tertiary/aromatic N) is 2. The van der Waals surface area contributed by atoms with E-state index in [1.165, 1.54) is 12.1 Å². The summed E-state index contributed by atoms with van der Waals surface area (Å²) in [5, 5.41) is 3.12. The van der Waals surface area contributed by atoms with Crippen molar-refractivity contribution in [1.82, 2.24) is 9.88 Å². The van der Waals surface area contributed by atoms with Gasteiger partial charge in [-0.3, -0.25) is 4.79 Å². The lowest BCUT2D eigenvalue weighted by atomic mass is 9.96. The Morgan fingerprint density at radius 2 is 1.80 bits per heavy atom. The van der Waals surface area contributed by atoms with Gasteiger partial charge in [0.05, 0.1) is 0 Å². The van der Waals surface area contributed by atoms with E-state index in [2.05, 4.69) is 10.3 Å². The molecule has 0 aliphatic carbocycles. The van der Waals surface area contributed by atoms with Crippen LogP contribution >= 0.6 is 23.2 Å². The van der Waals surface area contributed by atoms with Crippen LogP contribution < -0.4 is 11.1 Å². The van der Waals surface area contributed by atoms with Crippen molar-refractivity contribution in [2.45, 2.75) is 12.8 Å². The van der Waals surface area contributed by atoms with E-state index < -0.39 is 0 Å². The van der Waals surface area contributed by atoms with E-state index in [0.717, 1.165) is 0 Å². The summed E-state index contributed by atoms with van der Waals surface area (Å²) in [6.45, 7) is 0.984. The standard InChI is InChI=1S/C12H14Cl2N4O2/c13-9-5-8(6-10(14)17-9)16-12(20)18-3-1-7(2-4-18)11(15)19/h5-7H,1-4H2,(H2,15,19)(H,16,17,20). The van der Waals surface area contributed by atoms with Crippen LogP contribution in [0.3, 0.4) is 0 Å². The fourth-order valence-electron chi connectivity index (χ4n) is 2.11. The SMILES string of the molecule is NC(=O)C1CCN(C(=O)Nc2cc(Cl)nc(Cl)c2)CC1. The van der Waals surface area contributed by atoms with Crippen LogP contribution in [0.2, 0.25) is 10.3 Å². The Morgan fingerprint density at radius 3 is 2.30 bits per heavy atom. The average molecular weight is 317 g/mol. The van der Waals surface area contributed by atoms with E-state index >= 15 is 0 Å². The Morgan fingerprint density at radius 1 is 1.25 bits per heavy atom. The van der Waals surface area contributed by atoms with Crippen LogP contribution in [0.15, 0.2) is 12.1 Å². The third kappa shape index (κ3) is 3.74. The van der Waals surface area contributed by atoms with Gasteiger partial charge in [-0.25, -0.2) is 9.78 Å². The Bertz CT molecular complexity index is 510. The maximum atomic E-state index is 12.1. The molecule has 1 fully saturated rings. The zero-order valence-corrected chi connectivity index (χ0v) is 12.1. The molecule has 1 saturated heterocycles. The van der Waals surface area contributed by atoms with Gasteiger partial charge >= 0.3 is 6.03 Å². The Balaban J connectivity index is 1.94. The highest BCUT2D eigenvalue weighted by molar-refractivity contribution is 6.32. The molecule has 0 bridgehead atoms. The summed E-state index contributed by atoms with van der Waals surface area (Å²) in [7, 11) is 0. The number of piperidine rings is 1. The summed E-state index contributed by atoms with van der Waals surface area (Å²) in [4.78, 5) is 28.5. The summed E-state index contributed by atoms with van der Waals surface area (Å²) in [5.41, 5.74) is 5.73. The molecule has 108 valence electrons. The van der Waals surface area contributed by atoms with Gasteiger partial charge in [-0.05, 0) is 25.0 Å². The second-order valence-electron chi connectivity index (χ2n) is 4.60. The summed E-state index contributed by atoms with van der Waals surface area (Å²) >= 11 is 11.5. The molecule has 3 N–H and O–H groups in total. The van der Waals surface area contributed by atoms with E-state index in [0.29, 0.717) is 31.6 Å². The molecule has 20 heavy (non-hydrogen) atoms. The van der Waals surface area contributed by atoms with Crippen LogP contribution in [0.4, 0.5) is 10.5 Å². The number of pyridine rings is 1. The number of hydrogen-bond acceptors (Lipinski definition) is 3. The van der Waals surface area contributed by atoms with Gasteiger partial charge in [-0.2, -0.15) is 0 Å². The van der Waals surface area contributed by atoms with Gasteiger partial charge in [0.25, 0.3) is 0 Å². The van der Waals surface area contributed by atoms with Gasteiger partial charge in [0.2, 0.25) is 5.91 Å². The topological polar surface area (TPSA) is 88.3 Å². The molecule has 1 aromatic heterocycles. The van der Waals surface area contributed by atoms with E-state index in [9.17, 15) is 9.59 Å². The van der Waals surface area contributed by atoms with Gasteiger partial charge in [-0.15, -0.1) is 0 Å². The van der Waals surface area contributed by atoms with Crippen LogP contribution in [-0.4, -0.2) is 34.9 Å². The zero-order chi connectivity index (χ0) is 14.7. The molecule has 1 aromatic rings. The normalized spacial score (nSPS) is 16.0. The maximum absolute atomic E-state index is 12.1. The highest BCUT2D eigenvalue weighted by Crippen LogP contribution is 2.21. The van der Waals surface area contributed by atoms with Crippen molar-refractivity contribution < 1.29 is 9.59 Å². The molecule has 0 atom stereocenters. The number of rotatable bonds is 2. The minimum absolute atomic E-state index is 0.149. The molecule has 1 aliphatic heterocycles. The van der Waals surface area contributed by atoms with Crippen molar-refractivity contribution in [2.24, 2.45) is 11.7 Å². The summed E-state index contributed by atoms with van der Waals surface area (Å²) < 4.78 is 0. The van der Waals surface area contributed by atoms with Crippen molar-refractivity contribution in [3.05, 3.63) is 22.4 Å². The summed E-state index contributed by atoms with van der Waals surface area (Å²) in [6.07, 6.45) is 1.17. The first-order valence-corrected chi connectivity index (χ1v) is 6.89. The number of carbonyl (C=O) groups is 2. The molecule has 0 unspecified atom stereocenters. The number of halogens is 2. The van der Waals surface area contributed by atoms with Crippen LogP contribution in [-0.2, 0) is 4.79 Å². The molecule has 6 nitrogen and oxygen atoms in total. The van der Waals surface area contributed by atoms with Gasteiger partial charge in [-0.1, -0.05) is 23.2 Å². The van der Waals surface area contributed by atoms with Crippen LogP contribution in [0.5, 0.6) is 0 Å². The molecule has 2 rings (SSSR count). The van der Waals surface area contributed by atoms with Crippen molar-refractivity contribution in [2.75, 3.05) is 18.4 Å². The minimum Gasteiger partial charge on any atom is -0.369 e. The minimum atomic E-state index is -0.308. The monoisotopic (exact) mass is 316 g/mol. The third-order valence-corrected chi connectivity index (χ3v) is 3.59. The number of hydrogen-bond donors (Lipinski definition) is 2. The molecule has 1 aliphatic rings. The van der Waals surface area contributed by atoms with Gasteiger partial charge in [0.15, 0.2) is 0 Å². The van der Waals surface area contributed by atoms with Gasteiger partial charge in [0, 0.05) is 24.7 Å². The first-order chi connectivity index (χ1) is 9.45. The average Bonchev–Trinajstić information content (AvgIpc) is 2.37. The Hall–Kier alpha value is -1.53. The second kappa shape index (κ2) is 6.28. The molecule has 0 radical (unpaired) electrons. The Labute approximate surface area is 126 Å². The van der Waals surface area contributed by atoms with Crippen molar-refractivity contribution in [3.8, 4) is 0 Å². The van der Waals surface area contributed by atoms with E-state index in [-0.39, 0.29) is 28.2 Å². The third-order valence-electron chi connectivity index (χ3n) is 3.20. The fraction of sp³-hybridized carbons (Fsp3) is 0.417. The second-order valence-corrected chi connectivity index (χ2v) is 5.37. The molecule has 2 heterocycles. The summed E-state index contributed by atoms with van der Waals surface area (Å²) in [5.74, 6) is -0.457. The van der Waals surface area contributed by atoms with Crippen molar-refractivity contribution in [3.63, 3.8) is 0 Å². The molecular weight excluding hydrogens is 303 g/mol. The molecule has 0 aromatic carbocycles. The highest BCUT2D eigenvalue weighted by Gasteiger charge is 2.25. The largest absolute Gasteiger partial charge is 0.369 e. The van der Waals surface area contributed by atoms with Crippen LogP contribution in [0, 0.1) is 5.92 Å². The fourth-order valence-corrected chi connectivity index (χ4v) is 2.57. The quantitative estimate of drug-likeness (QED) is 0.819. The van der Waals surface area contributed by atoms with Crippen LogP contribution in [0.1, 0.15) is 12.8 Å². The number of carbonyl (C=O) groups excluding carboxylic acids is 2. The Kier molecular flexibility index (Phi) is 4.67. The number of urea groups is 1. The van der Waals surface area contributed by atoms with Crippen molar-refractivity contribution >= 4 is 40.8 Å². The first kappa shape index (κ1) is 14.9. The number of nitrogens with two attached hydrogens (primary N) is 1. The summed E-state index contributed by atoms with van der Waals surface area (Å²) in [6, 6.07) is 2.77. The van der Waals surface area contributed by atoms with Gasteiger partial charge < -0.3 is 16.0 Å². The number of aromatic nitrogens is 1. The molecular formula is C12H14Cl2N4O2. The number of nitrogens with one attached hydrogen (secondary N) is 1. The lowest BCUT2D eigenvalue weighted by Crippen LogP contribution is -2.43. The number of anilines is 1. The zero-order valence-electron chi connectivity index (χ0n) is 10.6. The number of amides is 3. The lowest BCUT2D eigenvalue weighted by molar-refractivity contribution is -0.122. The maximum Gasteiger partial charge on any atom is 0.321 e. The predicted molar refractivity (Wildman–Crippen MR) is 76.8 cm³/mol.